The number of nitro groups is 1. The van der Waals surface area contributed by atoms with Crippen LogP contribution in [-0.2, 0) is 6.42 Å². The van der Waals surface area contributed by atoms with Crippen molar-refractivity contribution in [3.05, 3.63) is 39.7 Å². The van der Waals surface area contributed by atoms with Crippen molar-refractivity contribution in [1.29, 1.82) is 0 Å². The van der Waals surface area contributed by atoms with Crippen LogP contribution in [0.15, 0.2) is 18.2 Å². The largest absolute Gasteiger partial charge is 0.272 e. The Morgan fingerprint density at radius 1 is 1.47 bits per heavy atom. The average Bonchev–Trinajstić information content (AvgIpc) is 2.15. The maximum atomic E-state index is 13.1. The van der Waals surface area contributed by atoms with E-state index in [0.717, 1.165) is 6.07 Å². The van der Waals surface area contributed by atoms with E-state index >= 15 is 0 Å². The smallest absolute Gasteiger partial charge is 0.258 e. The molecule has 1 unspecified atom stereocenters. The molecule has 1 aromatic rings. The fraction of sp³-hybridized carbons (Fsp3) is 0.500. The molecule has 0 bridgehead atoms. The zero-order chi connectivity index (χ0) is 13.2. The van der Waals surface area contributed by atoms with E-state index in [9.17, 15) is 14.5 Å². The van der Waals surface area contributed by atoms with Crippen molar-refractivity contribution >= 4 is 17.3 Å². The van der Waals surface area contributed by atoms with Gasteiger partial charge in [0.1, 0.15) is 5.82 Å². The van der Waals surface area contributed by atoms with Gasteiger partial charge in [-0.3, -0.25) is 10.1 Å². The van der Waals surface area contributed by atoms with Crippen molar-refractivity contribution in [3.8, 4) is 0 Å². The molecule has 5 heteroatoms. The van der Waals surface area contributed by atoms with E-state index < -0.39 is 10.7 Å². The number of hydrogen-bond donors (Lipinski definition) is 0. The highest BCUT2D eigenvalue weighted by molar-refractivity contribution is 6.21. The molecule has 1 aromatic carbocycles. The molecule has 0 saturated heterocycles. The van der Waals surface area contributed by atoms with Crippen LogP contribution in [0.25, 0.3) is 0 Å². The highest BCUT2D eigenvalue weighted by atomic mass is 35.5. The molecule has 0 aliphatic carbocycles. The lowest BCUT2D eigenvalue weighted by atomic mass is 9.87. The van der Waals surface area contributed by atoms with E-state index in [2.05, 4.69) is 0 Å². The van der Waals surface area contributed by atoms with Crippen LogP contribution in [0.1, 0.15) is 26.3 Å². The van der Waals surface area contributed by atoms with Crippen LogP contribution in [0, 0.1) is 21.3 Å². The lowest BCUT2D eigenvalue weighted by Gasteiger charge is -2.24. The zero-order valence-electron chi connectivity index (χ0n) is 10.0. The second-order valence-corrected chi connectivity index (χ2v) is 5.59. The van der Waals surface area contributed by atoms with Gasteiger partial charge in [0.05, 0.1) is 4.92 Å². The predicted molar refractivity (Wildman–Crippen MR) is 65.9 cm³/mol. The molecule has 3 nitrogen and oxygen atoms in total. The van der Waals surface area contributed by atoms with Crippen LogP contribution in [-0.4, -0.2) is 10.3 Å². The third kappa shape index (κ3) is 3.66. The third-order valence-corrected chi connectivity index (χ3v) is 3.39. The summed E-state index contributed by atoms with van der Waals surface area (Å²) in [4.78, 5) is 10.3. The standard InChI is InChI=1S/C12H15ClFNO2/c1-12(2,3)11(13)7-8-6-9(14)4-5-10(8)15(16)17/h4-6,11H,7H2,1-3H3. The Bertz CT molecular complexity index is 429. The molecule has 0 amide bonds. The second kappa shape index (κ2) is 5.00. The predicted octanol–water partition coefficient (Wildman–Crippen LogP) is 3.93. The topological polar surface area (TPSA) is 43.1 Å². The van der Waals surface area contributed by atoms with Crippen LogP contribution in [0.5, 0.6) is 0 Å². The van der Waals surface area contributed by atoms with Crippen molar-refractivity contribution < 1.29 is 9.31 Å². The summed E-state index contributed by atoms with van der Waals surface area (Å²) < 4.78 is 13.1. The highest BCUT2D eigenvalue weighted by Crippen LogP contribution is 2.30. The Kier molecular flexibility index (Phi) is 4.09. The summed E-state index contributed by atoms with van der Waals surface area (Å²) >= 11 is 6.18. The minimum absolute atomic E-state index is 0.0821. The lowest BCUT2D eigenvalue weighted by molar-refractivity contribution is -0.385. The van der Waals surface area contributed by atoms with Gasteiger partial charge in [0, 0.05) is 17.0 Å². The number of hydrogen-bond acceptors (Lipinski definition) is 2. The van der Waals surface area contributed by atoms with Gasteiger partial charge in [-0.25, -0.2) is 4.39 Å². The molecule has 1 rings (SSSR count). The summed E-state index contributed by atoms with van der Waals surface area (Å²) in [5.74, 6) is -0.483. The number of benzene rings is 1. The van der Waals surface area contributed by atoms with Crippen molar-refractivity contribution in [2.24, 2.45) is 5.41 Å². The summed E-state index contributed by atoms with van der Waals surface area (Å²) in [6.07, 6.45) is 0.277. The lowest BCUT2D eigenvalue weighted by Crippen LogP contribution is -2.23. The molecule has 0 aromatic heterocycles. The molecule has 0 fully saturated rings. The fourth-order valence-corrected chi connectivity index (χ4v) is 1.56. The number of nitrogens with zero attached hydrogens (tertiary/aromatic N) is 1. The van der Waals surface area contributed by atoms with Gasteiger partial charge in [-0.15, -0.1) is 11.6 Å². The van der Waals surface area contributed by atoms with E-state index in [4.69, 9.17) is 11.6 Å². The molecule has 0 aliphatic heterocycles. The molecule has 1 atom stereocenters. The molecule has 0 spiro atoms. The second-order valence-electron chi connectivity index (χ2n) is 5.07. The number of rotatable bonds is 3. The number of nitro benzene ring substituents is 1. The minimum Gasteiger partial charge on any atom is -0.258 e. The molecule has 0 saturated carbocycles. The first-order valence-electron chi connectivity index (χ1n) is 5.28. The Morgan fingerprint density at radius 3 is 2.53 bits per heavy atom. The summed E-state index contributed by atoms with van der Waals surface area (Å²) in [6, 6.07) is 3.44. The Morgan fingerprint density at radius 2 is 2.06 bits per heavy atom. The molecule has 0 heterocycles. The van der Waals surface area contributed by atoms with Gasteiger partial charge in [0.2, 0.25) is 0 Å². The maximum absolute atomic E-state index is 13.1. The quantitative estimate of drug-likeness (QED) is 0.469. The number of alkyl halides is 1. The van der Waals surface area contributed by atoms with Crippen LogP contribution in [0.4, 0.5) is 10.1 Å². The van der Waals surface area contributed by atoms with Gasteiger partial charge in [0.15, 0.2) is 0 Å². The van der Waals surface area contributed by atoms with E-state index in [1.165, 1.54) is 12.1 Å². The van der Waals surface area contributed by atoms with Crippen LogP contribution >= 0.6 is 11.6 Å². The monoisotopic (exact) mass is 259 g/mol. The molecular formula is C12H15ClFNO2. The summed E-state index contributed by atoms with van der Waals surface area (Å²) in [6.45, 7) is 5.82. The van der Waals surface area contributed by atoms with E-state index in [1.54, 1.807) is 0 Å². The van der Waals surface area contributed by atoms with Crippen molar-refractivity contribution in [2.45, 2.75) is 32.6 Å². The Labute approximate surface area is 105 Å². The van der Waals surface area contributed by atoms with Crippen LogP contribution < -0.4 is 0 Å². The molecular weight excluding hydrogens is 245 g/mol. The zero-order valence-corrected chi connectivity index (χ0v) is 10.8. The van der Waals surface area contributed by atoms with Crippen molar-refractivity contribution in [2.75, 3.05) is 0 Å². The van der Waals surface area contributed by atoms with Crippen LogP contribution in [0.3, 0.4) is 0 Å². The summed E-state index contributed by atoms with van der Waals surface area (Å²) in [5, 5.41) is 10.5. The molecule has 94 valence electrons. The van der Waals surface area contributed by atoms with E-state index in [1.807, 2.05) is 20.8 Å². The molecule has 0 radical (unpaired) electrons. The van der Waals surface area contributed by atoms with Gasteiger partial charge in [-0.1, -0.05) is 20.8 Å². The van der Waals surface area contributed by atoms with Gasteiger partial charge < -0.3 is 0 Å². The summed E-state index contributed by atoms with van der Waals surface area (Å²) in [5.41, 5.74) is 0.0630. The van der Waals surface area contributed by atoms with E-state index in [0.29, 0.717) is 5.56 Å². The average molecular weight is 260 g/mol. The minimum atomic E-state index is -0.513. The first-order chi connectivity index (χ1) is 7.71. The normalized spacial score (nSPS) is 13.5. The van der Waals surface area contributed by atoms with Gasteiger partial charge in [-0.2, -0.15) is 0 Å². The van der Waals surface area contributed by atoms with Gasteiger partial charge >= 0.3 is 0 Å². The molecule has 17 heavy (non-hydrogen) atoms. The maximum Gasteiger partial charge on any atom is 0.272 e. The van der Waals surface area contributed by atoms with Crippen molar-refractivity contribution in [1.82, 2.24) is 0 Å². The summed E-state index contributed by atoms with van der Waals surface area (Å²) in [7, 11) is 0. The van der Waals surface area contributed by atoms with E-state index in [-0.39, 0.29) is 22.9 Å². The van der Waals surface area contributed by atoms with Gasteiger partial charge in [0.25, 0.3) is 5.69 Å². The SMILES string of the molecule is CC(C)(C)C(Cl)Cc1cc(F)ccc1[N+](=O)[O-]. The molecule has 0 aliphatic rings. The fourth-order valence-electron chi connectivity index (χ4n) is 1.39. The first-order valence-corrected chi connectivity index (χ1v) is 5.72. The Balaban J connectivity index is 3.04. The Hall–Kier alpha value is -1.16. The number of halogens is 2. The first kappa shape index (κ1) is 13.9. The van der Waals surface area contributed by atoms with Crippen LogP contribution in [0.2, 0.25) is 0 Å². The third-order valence-electron chi connectivity index (χ3n) is 2.58. The highest BCUT2D eigenvalue weighted by Gasteiger charge is 2.26. The van der Waals surface area contributed by atoms with Gasteiger partial charge in [-0.05, 0) is 24.0 Å². The molecule has 0 N–H and O–H groups in total. The van der Waals surface area contributed by atoms with Crippen molar-refractivity contribution in [3.63, 3.8) is 0 Å².